The highest BCUT2D eigenvalue weighted by molar-refractivity contribution is 5.86. The van der Waals surface area contributed by atoms with Crippen molar-refractivity contribution in [1.29, 1.82) is 0 Å². The molecule has 5 heteroatoms. The molecule has 2 aromatic heterocycles. The third-order valence-electron chi connectivity index (χ3n) is 3.39. The van der Waals surface area contributed by atoms with Crippen molar-refractivity contribution < 1.29 is 9.47 Å². The fraction of sp³-hybridized carbons (Fsp3) is 0.235. The van der Waals surface area contributed by atoms with Crippen molar-refractivity contribution in [2.45, 2.75) is 13.8 Å². The smallest absolute Gasteiger partial charge is 0.162 e. The lowest BCUT2D eigenvalue weighted by atomic mass is 10.1. The summed E-state index contributed by atoms with van der Waals surface area (Å²) in [6.07, 6.45) is 3.49. The summed E-state index contributed by atoms with van der Waals surface area (Å²) in [7, 11) is 1.62. The lowest BCUT2D eigenvalue weighted by Gasteiger charge is -2.12. The molecule has 0 spiro atoms. The fourth-order valence-electron chi connectivity index (χ4n) is 2.34. The molecule has 0 bridgehead atoms. The predicted octanol–water partition coefficient (Wildman–Crippen LogP) is 3.41. The molecule has 0 saturated carbocycles. The number of methoxy groups -OCH3 is 1. The highest BCUT2D eigenvalue weighted by atomic mass is 16.5. The van der Waals surface area contributed by atoms with Crippen LogP contribution in [0.25, 0.3) is 22.3 Å². The van der Waals surface area contributed by atoms with Crippen LogP contribution >= 0.6 is 0 Å². The molecule has 3 rings (SSSR count). The minimum Gasteiger partial charge on any atom is -0.493 e. The van der Waals surface area contributed by atoms with Gasteiger partial charge >= 0.3 is 0 Å². The van der Waals surface area contributed by atoms with Gasteiger partial charge in [-0.05, 0) is 32.0 Å². The Morgan fingerprint density at radius 3 is 2.68 bits per heavy atom. The number of aromatic nitrogens is 3. The molecule has 22 heavy (non-hydrogen) atoms. The van der Waals surface area contributed by atoms with E-state index in [2.05, 4.69) is 15.0 Å². The second-order valence-electron chi connectivity index (χ2n) is 4.83. The summed E-state index contributed by atoms with van der Waals surface area (Å²) < 4.78 is 11.0. The van der Waals surface area contributed by atoms with Gasteiger partial charge in [0.25, 0.3) is 0 Å². The highest BCUT2D eigenvalue weighted by Gasteiger charge is 2.12. The fourth-order valence-corrected chi connectivity index (χ4v) is 2.34. The Morgan fingerprint density at radius 1 is 1.14 bits per heavy atom. The van der Waals surface area contributed by atoms with Crippen LogP contribution in [-0.4, -0.2) is 28.7 Å². The van der Waals surface area contributed by atoms with Crippen LogP contribution < -0.4 is 9.47 Å². The normalized spacial score (nSPS) is 10.7. The lowest BCUT2D eigenvalue weighted by Crippen LogP contribution is -1.99. The van der Waals surface area contributed by atoms with E-state index in [1.807, 2.05) is 38.1 Å². The molecule has 0 saturated heterocycles. The van der Waals surface area contributed by atoms with Crippen molar-refractivity contribution in [3.63, 3.8) is 0 Å². The van der Waals surface area contributed by atoms with Crippen molar-refractivity contribution >= 4 is 10.9 Å². The topological polar surface area (TPSA) is 57.1 Å². The van der Waals surface area contributed by atoms with Crippen LogP contribution in [0.3, 0.4) is 0 Å². The van der Waals surface area contributed by atoms with Gasteiger partial charge in [-0.2, -0.15) is 0 Å². The van der Waals surface area contributed by atoms with Gasteiger partial charge in [0.1, 0.15) is 0 Å². The molecule has 0 atom stereocenters. The Balaban J connectivity index is 2.19. The minimum absolute atomic E-state index is 0.579. The van der Waals surface area contributed by atoms with Gasteiger partial charge in [-0.3, -0.25) is 4.98 Å². The zero-order valence-corrected chi connectivity index (χ0v) is 12.8. The van der Waals surface area contributed by atoms with Crippen molar-refractivity contribution in [2.75, 3.05) is 13.7 Å². The molecule has 0 aliphatic carbocycles. The predicted molar refractivity (Wildman–Crippen MR) is 85.2 cm³/mol. The van der Waals surface area contributed by atoms with E-state index in [9.17, 15) is 0 Å². The van der Waals surface area contributed by atoms with Gasteiger partial charge in [0.15, 0.2) is 17.3 Å². The number of benzene rings is 1. The molecule has 0 fully saturated rings. The average Bonchev–Trinajstić information content (AvgIpc) is 2.55. The van der Waals surface area contributed by atoms with E-state index in [4.69, 9.17) is 9.47 Å². The number of pyridine rings is 1. The van der Waals surface area contributed by atoms with Gasteiger partial charge in [-0.15, -0.1) is 0 Å². The van der Waals surface area contributed by atoms with Gasteiger partial charge in [0, 0.05) is 35.1 Å². The molecule has 2 heterocycles. The van der Waals surface area contributed by atoms with Gasteiger partial charge in [-0.1, -0.05) is 0 Å². The van der Waals surface area contributed by atoms with Crippen molar-refractivity contribution in [1.82, 2.24) is 15.0 Å². The maximum Gasteiger partial charge on any atom is 0.162 e. The molecule has 0 N–H and O–H groups in total. The number of ether oxygens (including phenoxy) is 2. The molecule has 112 valence electrons. The van der Waals surface area contributed by atoms with Crippen molar-refractivity contribution in [3.05, 3.63) is 42.4 Å². The Morgan fingerprint density at radius 2 is 2.00 bits per heavy atom. The number of aryl methyl sites for hydroxylation is 1. The van der Waals surface area contributed by atoms with Crippen molar-refractivity contribution in [2.24, 2.45) is 0 Å². The summed E-state index contributed by atoms with van der Waals surface area (Å²) in [4.78, 5) is 13.3. The maximum atomic E-state index is 5.62. The SMILES string of the molecule is CCOc1cc2c(C)nc(-c3cccnc3)nc2cc1OC. The second kappa shape index (κ2) is 5.97. The van der Waals surface area contributed by atoms with Crippen molar-refractivity contribution in [3.8, 4) is 22.9 Å². The second-order valence-corrected chi connectivity index (χ2v) is 4.83. The first kappa shape index (κ1) is 14.3. The van der Waals surface area contributed by atoms with Crippen LogP contribution in [0.2, 0.25) is 0 Å². The molecular formula is C17H17N3O2. The Bertz CT molecular complexity index is 804. The molecule has 0 amide bonds. The van der Waals surface area contributed by atoms with E-state index >= 15 is 0 Å². The van der Waals surface area contributed by atoms with Crippen LogP contribution in [0.15, 0.2) is 36.7 Å². The zero-order chi connectivity index (χ0) is 15.5. The average molecular weight is 295 g/mol. The number of fused-ring (bicyclic) bond motifs is 1. The van der Waals surface area contributed by atoms with Crippen LogP contribution in [0.1, 0.15) is 12.6 Å². The summed E-state index contributed by atoms with van der Waals surface area (Å²) in [6, 6.07) is 7.63. The largest absolute Gasteiger partial charge is 0.493 e. The van der Waals surface area contributed by atoms with Crippen LogP contribution in [0.4, 0.5) is 0 Å². The van der Waals surface area contributed by atoms with Crippen LogP contribution in [-0.2, 0) is 0 Å². The highest BCUT2D eigenvalue weighted by Crippen LogP contribution is 2.33. The third kappa shape index (κ3) is 2.57. The van der Waals surface area contributed by atoms with E-state index in [1.54, 1.807) is 19.5 Å². The summed E-state index contributed by atoms with van der Waals surface area (Å²) in [5, 5.41) is 0.955. The van der Waals surface area contributed by atoms with E-state index in [1.165, 1.54) is 0 Å². The molecule has 0 aliphatic heterocycles. The molecule has 0 aliphatic rings. The summed E-state index contributed by atoms with van der Waals surface area (Å²) >= 11 is 0. The number of nitrogens with zero attached hydrogens (tertiary/aromatic N) is 3. The summed E-state index contributed by atoms with van der Waals surface area (Å²) in [6.45, 7) is 4.49. The van der Waals surface area contributed by atoms with E-state index in [0.29, 0.717) is 23.9 Å². The Hall–Kier alpha value is -2.69. The molecule has 0 unspecified atom stereocenters. The lowest BCUT2D eigenvalue weighted by molar-refractivity contribution is 0.311. The Labute approximate surface area is 129 Å². The first-order chi connectivity index (χ1) is 10.7. The first-order valence-corrected chi connectivity index (χ1v) is 7.12. The molecule has 0 radical (unpaired) electrons. The zero-order valence-electron chi connectivity index (χ0n) is 12.8. The van der Waals surface area contributed by atoms with Gasteiger partial charge in [0.05, 0.1) is 19.2 Å². The summed E-state index contributed by atoms with van der Waals surface area (Å²) in [5.74, 6) is 2.03. The maximum absolute atomic E-state index is 5.62. The molecular weight excluding hydrogens is 278 g/mol. The molecule has 1 aromatic carbocycles. The minimum atomic E-state index is 0.579. The molecule has 3 aromatic rings. The summed E-state index contributed by atoms with van der Waals surface area (Å²) in [5.41, 5.74) is 2.61. The van der Waals surface area contributed by atoms with Gasteiger partial charge < -0.3 is 9.47 Å². The third-order valence-corrected chi connectivity index (χ3v) is 3.39. The molecule has 5 nitrogen and oxygen atoms in total. The van der Waals surface area contributed by atoms with Crippen LogP contribution in [0.5, 0.6) is 11.5 Å². The van der Waals surface area contributed by atoms with Crippen LogP contribution in [0, 0.1) is 6.92 Å². The number of hydrogen-bond acceptors (Lipinski definition) is 5. The standard InChI is InChI=1S/C17H17N3O2/c1-4-22-16-8-13-11(2)19-17(12-6-5-7-18-10-12)20-14(13)9-15(16)21-3/h5-10H,4H2,1-3H3. The first-order valence-electron chi connectivity index (χ1n) is 7.12. The monoisotopic (exact) mass is 295 g/mol. The van der Waals surface area contributed by atoms with Gasteiger partial charge in [0.2, 0.25) is 0 Å². The van der Waals surface area contributed by atoms with E-state index in [0.717, 1.165) is 22.2 Å². The van der Waals surface area contributed by atoms with Gasteiger partial charge in [-0.25, -0.2) is 9.97 Å². The van der Waals surface area contributed by atoms with E-state index < -0.39 is 0 Å². The van der Waals surface area contributed by atoms with E-state index in [-0.39, 0.29) is 0 Å². The quantitative estimate of drug-likeness (QED) is 0.738. The number of rotatable bonds is 4. The Kier molecular flexibility index (Phi) is 3.87. The number of hydrogen-bond donors (Lipinski definition) is 0.